The van der Waals surface area contributed by atoms with Crippen molar-refractivity contribution in [2.75, 3.05) is 6.54 Å². The van der Waals surface area contributed by atoms with E-state index in [2.05, 4.69) is 41.7 Å². The van der Waals surface area contributed by atoms with Crippen LogP contribution in [0, 0.1) is 5.92 Å². The van der Waals surface area contributed by atoms with Crippen LogP contribution in [0.3, 0.4) is 0 Å². The highest BCUT2D eigenvalue weighted by molar-refractivity contribution is 5.15. The first-order valence-electron chi connectivity index (χ1n) is 5.09. The minimum absolute atomic E-state index is 0.607. The Balaban J connectivity index is 1.84. The van der Waals surface area contributed by atoms with Gasteiger partial charge in [-0.15, -0.1) is 0 Å². The summed E-state index contributed by atoms with van der Waals surface area (Å²) in [4.78, 5) is 0. The van der Waals surface area contributed by atoms with Crippen LogP contribution in [-0.4, -0.2) is 6.54 Å². The highest BCUT2D eigenvalue weighted by Crippen LogP contribution is 2.14. The summed E-state index contributed by atoms with van der Waals surface area (Å²) in [5.41, 5.74) is 7.05. The minimum atomic E-state index is 0.607. The van der Waals surface area contributed by atoms with Crippen molar-refractivity contribution in [3.8, 4) is 0 Å². The monoisotopic (exact) mass is 188 g/mol. The lowest BCUT2D eigenvalue weighted by molar-refractivity contribution is 0.596. The van der Waals surface area contributed by atoms with Gasteiger partial charge in [0.1, 0.15) is 0 Å². The maximum atomic E-state index is 5.64. The van der Waals surface area contributed by atoms with Crippen LogP contribution in [0.25, 0.3) is 0 Å². The van der Waals surface area contributed by atoms with Gasteiger partial charge in [-0.25, -0.2) is 0 Å². The number of nitrogens with one attached hydrogen (secondary N) is 1. The van der Waals surface area contributed by atoms with Crippen LogP contribution < -0.4 is 11.1 Å². The first-order chi connectivity index (χ1) is 6.84. The highest BCUT2D eigenvalue weighted by Gasteiger charge is 2.12. The van der Waals surface area contributed by atoms with E-state index < -0.39 is 0 Å². The second kappa shape index (κ2) is 4.18. The van der Waals surface area contributed by atoms with Gasteiger partial charge in [0.25, 0.3) is 0 Å². The molecule has 0 spiro atoms. The number of aryl methyl sites for hydroxylation is 1. The van der Waals surface area contributed by atoms with Gasteiger partial charge in [0, 0.05) is 6.54 Å². The molecule has 0 aliphatic carbocycles. The van der Waals surface area contributed by atoms with E-state index in [1.165, 1.54) is 12.0 Å². The molecule has 0 saturated heterocycles. The number of rotatable bonds is 3. The zero-order chi connectivity index (χ0) is 9.80. The van der Waals surface area contributed by atoms with Crippen molar-refractivity contribution < 1.29 is 0 Å². The molecule has 2 nitrogen and oxygen atoms in total. The van der Waals surface area contributed by atoms with Crippen molar-refractivity contribution in [3.05, 3.63) is 47.8 Å². The third kappa shape index (κ3) is 2.28. The molecule has 1 atom stereocenters. The van der Waals surface area contributed by atoms with Crippen molar-refractivity contribution in [1.82, 2.24) is 5.32 Å². The van der Waals surface area contributed by atoms with Gasteiger partial charge < -0.3 is 11.1 Å². The molecule has 74 valence electrons. The Kier molecular flexibility index (Phi) is 2.73. The molecule has 0 saturated carbocycles. The molecule has 0 amide bonds. The molecule has 1 unspecified atom stereocenters. The van der Waals surface area contributed by atoms with Gasteiger partial charge in [-0.3, -0.25) is 0 Å². The summed E-state index contributed by atoms with van der Waals surface area (Å²) < 4.78 is 0. The summed E-state index contributed by atoms with van der Waals surface area (Å²) in [6.45, 7) is 0.999. The molecule has 1 aliphatic heterocycles. The summed E-state index contributed by atoms with van der Waals surface area (Å²) >= 11 is 0. The summed E-state index contributed by atoms with van der Waals surface area (Å²) in [5, 5.41) is 3.14. The predicted octanol–water partition coefficient (Wildman–Crippen LogP) is 1.64. The molecule has 3 N–H and O–H groups in total. The van der Waals surface area contributed by atoms with Crippen LogP contribution in [0.5, 0.6) is 0 Å². The standard InChI is InChI=1S/C12H16N2/c13-12-8-11(9-14-12)7-6-10-4-2-1-3-5-10/h1-5,8,11,14H,6-7,9,13H2. The van der Waals surface area contributed by atoms with Crippen molar-refractivity contribution in [2.45, 2.75) is 12.8 Å². The van der Waals surface area contributed by atoms with E-state index in [4.69, 9.17) is 5.73 Å². The molecule has 2 heteroatoms. The Labute approximate surface area is 84.8 Å². The molecule has 0 bridgehead atoms. The van der Waals surface area contributed by atoms with E-state index in [1.807, 2.05) is 0 Å². The lowest BCUT2D eigenvalue weighted by Crippen LogP contribution is -2.16. The zero-order valence-corrected chi connectivity index (χ0v) is 8.24. The third-order valence-electron chi connectivity index (χ3n) is 2.63. The summed E-state index contributed by atoms with van der Waals surface area (Å²) in [7, 11) is 0. The fourth-order valence-corrected chi connectivity index (χ4v) is 1.80. The first kappa shape index (κ1) is 9.13. The second-order valence-electron chi connectivity index (χ2n) is 3.79. The summed E-state index contributed by atoms with van der Waals surface area (Å²) in [6.07, 6.45) is 4.44. The van der Waals surface area contributed by atoms with Crippen LogP contribution in [0.1, 0.15) is 12.0 Å². The third-order valence-corrected chi connectivity index (χ3v) is 2.63. The Morgan fingerprint density at radius 1 is 1.29 bits per heavy atom. The Morgan fingerprint density at radius 3 is 2.71 bits per heavy atom. The molecule has 2 rings (SSSR count). The number of benzene rings is 1. The van der Waals surface area contributed by atoms with Crippen molar-refractivity contribution in [2.24, 2.45) is 11.7 Å². The minimum Gasteiger partial charge on any atom is -0.386 e. The van der Waals surface area contributed by atoms with E-state index in [0.717, 1.165) is 18.8 Å². The van der Waals surface area contributed by atoms with Crippen LogP contribution >= 0.6 is 0 Å². The molecular formula is C12H16N2. The zero-order valence-electron chi connectivity index (χ0n) is 8.24. The van der Waals surface area contributed by atoms with Crippen molar-refractivity contribution in [1.29, 1.82) is 0 Å². The van der Waals surface area contributed by atoms with E-state index in [9.17, 15) is 0 Å². The molecule has 1 aliphatic rings. The Morgan fingerprint density at radius 2 is 2.07 bits per heavy atom. The number of hydrogen-bond acceptors (Lipinski definition) is 2. The average Bonchev–Trinajstić information content (AvgIpc) is 2.63. The molecule has 0 fully saturated rings. The van der Waals surface area contributed by atoms with E-state index >= 15 is 0 Å². The average molecular weight is 188 g/mol. The van der Waals surface area contributed by atoms with Gasteiger partial charge in [0.05, 0.1) is 5.82 Å². The van der Waals surface area contributed by atoms with Crippen LogP contribution in [-0.2, 0) is 6.42 Å². The lowest BCUT2D eigenvalue weighted by Gasteiger charge is -2.06. The smallest absolute Gasteiger partial charge is 0.0922 e. The molecule has 1 aromatic carbocycles. The Bertz CT molecular complexity index is 316. The summed E-state index contributed by atoms with van der Waals surface area (Å²) in [5.74, 6) is 1.44. The molecule has 1 heterocycles. The predicted molar refractivity (Wildman–Crippen MR) is 58.5 cm³/mol. The largest absolute Gasteiger partial charge is 0.386 e. The SMILES string of the molecule is NC1=CC(CCc2ccccc2)CN1. The van der Waals surface area contributed by atoms with Crippen molar-refractivity contribution in [3.63, 3.8) is 0 Å². The molecule has 0 aromatic heterocycles. The van der Waals surface area contributed by atoms with E-state index in [-0.39, 0.29) is 0 Å². The topological polar surface area (TPSA) is 38.0 Å². The highest BCUT2D eigenvalue weighted by atomic mass is 15.0. The summed E-state index contributed by atoms with van der Waals surface area (Å²) in [6, 6.07) is 10.6. The van der Waals surface area contributed by atoms with E-state index in [1.54, 1.807) is 0 Å². The molecule has 0 radical (unpaired) electrons. The van der Waals surface area contributed by atoms with Crippen LogP contribution in [0.15, 0.2) is 42.2 Å². The van der Waals surface area contributed by atoms with Crippen LogP contribution in [0.2, 0.25) is 0 Å². The quantitative estimate of drug-likeness (QED) is 0.756. The molecule has 14 heavy (non-hydrogen) atoms. The van der Waals surface area contributed by atoms with Gasteiger partial charge in [-0.2, -0.15) is 0 Å². The first-order valence-corrected chi connectivity index (χ1v) is 5.09. The fraction of sp³-hybridized carbons (Fsp3) is 0.333. The Hall–Kier alpha value is -1.44. The maximum Gasteiger partial charge on any atom is 0.0922 e. The van der Waals surface area contributed by atoms with Gasteiger partial charge in [-0.1, -0.05) is 30.3 Å². The fourth-order valence-electron chi connectivity index (χ4n) is 1.80. The van der Waals surface area contributed by atoms with Crippen molar-refractivity contribution >= 4 is 0 Å². The lowest BCUT2D eigenvalue weighted by atomic mass is 10.0. The maximum absolute atomic E-state index is 5.64. The number of nitrogens with two attached hydrogens (primary N) is 1. The molecule has 1 aromatic rings. The molecular weight excluding hydrogens is 172 g/mol. The van der Waals surface area contributed by atoms with Crippen LogP contribution in [0.4, 0.5) is 0 Å². The van der Waals surface area contributed by atoms with Gasteiger partial charge in [0.15, 0.2) is 0 Å². The normalized spacial score (nSPS) is 20.3. The van der Waals surface area contributed by atoms with Gasteiger partial charge >= 0.3 is 0 Å². The second-order valence-corrected chi connectivity index (χ2v) is 3.79. The van der Waals surface area contributed by atoms with Gasteiger partial charge in [0.2, 0.25) is 0 Å². The number of hydrogen-bond donors (Lipinski definition) is 2. The van der Waals surface area contributed by atoms with E-state index in [0.29, 0.717) is 5.92 Å². The van der Waals surface area contributed by atoms with Gasteiger partial charge in [-0.05, 0) is 30.4 Å².